The van der Waals surface area contributed by atoms with E-state index in [9.17, 15) is 46.6 Å². The molecule has 4 aromatic rings. The van der Waals surface area contributed by atoms with E-state index in [4.69, 9.17) is 9.47 Å². The number of alkyl halides is 6. The highest BCUT2D eigenvalue weighted by Gasteiger charge is 2.38. The van der Waals surface area contributed by atoms with Gasteiger partial charge in [0, 0.05) is 29.7 Å². The predicted octanol–water partition coefficient (Wildman–Crippen LogP) is 10.8. The van der Waals surface area contributed by atoms with Crippen LogP contribution in [0.1, 0.15) is 59.2 Å². The lowest BCUT2D eigenvalue weighted by atomic mass is 9.73. The normalized spacial score (nSPS) is 13.2. The molecule has 0 radical (unpaired) electrons. The minimum absolute atomic E-state index is 0.103. The Morgan fingerprint density at radius 2 is 1.04 bits per heavy atom. The van der Waals surface area contributed by atoms with E-state index in [0.717, 1.165) is 35.4 Å². The lowest BCUT2D eigenvalue weighted by molar-refractivity contribution is -0.385. The average Bonchev–Trinajstić information content (AvgIpc) is 2.98. The Balaban J connectivity index is 1.69. The van der Waals surface area contributed by atoms with Gasteiger partial charge in [-0.3, -0.25) is 20.2 Å². The average molecular weight is 663 g/mol. The molecule has 0 amide bonds. The SMILES string of the molecule is CCC(C)(c1ccc(Oc2ccc([N+](=O)[O-])cc2C(F)(F)F)c(C)c1)c1cc(C)c(Oc2ccc([N+](=O)[O-])cc2C(F)(F)F)c(C)c1. The summed E-state index contributed by atoms with van der Waals surface area (Å²) in [5, 5.41) is 22.1. The summed E-state index contributed by atoms with van der Waals surface area (Å²) in [4.78, 5) is 20.2. The van der Waals surface area contributed by atoms with E-state index in [1.54, 1.807) is 45.0 Å². The number of hydrogen-bond donors (Lipinski definition) is 0. The molecular formula is C33H28F6N2O6. The first-order valence-electron chi connectivity index (χ1n) is 14.1. The van der Waals surface area contributed by atoms with Gasteiger partial charge in [-0.2, -0.15) is 26.3 Å². The molecule has 14 heteroatoms. The number of non-ortho nitro benzene ring substituents is 2. The lowest BCUT2D eigenvalue weighted by Crippen LogP contribution is -2.23. The fourth-order valence-electron chi connectivity index (χ4n) is 5.22. The Labute approximate surface area is 264 Å². The van der Waals surface area contributed by atoms with E-state index < -0.39 is 61.6 Å². The van der Waals surface area contributed by atoms with Crippen LogP contribution >= 0.6 is 0 Å². The van der Waals surface area contributed by atoms with Crippen molar-refractivity contribution in [3.8, 4) is 23.0 Å². The van der Waals surface area contributed by atoms with Crippen LogP contribution in [-0.4, -0.2) is 9.85 Å². The quantitative estimate of drug-likeness (QED) is 0.100. The molecule has 0 saturated carbocycles. The molecule has 1 atom stereocenters. The van der Waals surface area contributed by atoms with Crippen LogP contribution in [0.2, 0.25) is 0 Å². The number of nitro benzene ring substituents is 2. The summed E-state index contributed by atoms with van der Waals surface area (Å²) in [5.41, 5.74) is -1.68. The molecule has 248 valence electrons. The monoisotopic (exact) mass is 662 g/mol. The van der Waals surface area contributed by atoms with Crippen molar-refractivity contribution >= 4 is 11.4 Å². The predicted molar refractivity (Wildman–Crippen MR) is 160 cm³/mol. The third kappa shape index (κ3) is 7.16. The minimum atomic E-state index is -4.91. The van der Waals surface area contributed by atoms with Crippen molar-refractivity contribution in [3.63, 3.8) is 0 Å². The van der Waals surface area contributed by atoms with Crippen LogP contribution in [0.4, 0.5) is 37.7 Å². The maximum atomic E-state index is 13.8. The summed E-state index contributed by atoms with van der Waals surface area (Å²) in [7, 11) is 0. The molecule has 0 N–H and O–H groups in total. The van der Waals surface area contributed by atoms with Crippen molar-refractivity contribution in [2.75, 3.05) is 0 Å². The second-order valence-corrected chi connectivity index (χ2v) is 11.2. The number of hydrogen-bond acceptors (Lipinski definition) is 6. The van der Waals surface area contributed by atoms with Gasteiger partial charge in [-0.15, -0.1) is 0 Å². The van der Waals surface area contributed by atoms with Crippen molar-refractivity contribution in [1.29, 1.82) is 0 Å². The lowest BCUT2D eigenvalue weighted by Gasteiger charge is -2.32. The zero-order valence-electron chi connectivity index (χ0n) is 25.7. The molecule has 0 bridgehead atoms. The van der Waals surface area contributed by atoms with Gasteiger partial charge in [-0.05, 0) is 73.2 Å². The van der Waals surface area contributed by atoms with E-state index in [0.29, 0.717) is 35.2 Å². The van der Waals surface area contributed by atoms with E-state index in [-0.39, 0.29) is 11.5 Å². The van der Waals surface area contributed by atoms with Crippen LogP contribution in [0.3, 0.4) is 0 Å². The Kier molecular flexibility index (Phi) is 9.29. The molecular weight excluding hydrogens is 634 g/mol. The molecule has 0 fully saturated rings. The number of aryl methyl sites for hydroxylation is 3. The summed E-state index contributed by atoms with van der Waals surface area (Å²) in [6.07, 6.45) is -9.27. The fourth-order valence-corrected chi connectivity index (χ4v) is 5.22. The second-order valence-electron chi connectivity index (χ2n) is 11.2. The van der Waals surface area contributed by atoms with E-state index >= 15 is 0 Å². The number of rotatable bonds is 9. The van der Waals surface area contributed by atoms with E-state index in [1.807, 2.05) is 13.8 Å². The van der Waals surface area contributed by atoms with Crippen LogP contribution in [0.5, 0.6) is 23.0 Å². The standard InChI is InChI=1S/C33H28F6N2O6/c1-6-31(5,21-7-10-27(18(2)13-21)46-28-11-8-23(40(42)43)16-25(28)32(34,35)36)22-14-19(3)30(20(4)15-22)47-29-12-9-24(41(44)45)17-26(29)33(37,38)39/h7-17H,6H2,1-5H3. The molecule has 0 aromatic heterocycles. The summed E-state index contributed by atoms with van der Waals surface area (Å²) in [5.74, 6) is -0.935. The third-order valence-corrected chi connectivity index (χ3v) is 8.01. The van der Waals surface area contributed by atoms with Crippen LogP contribution in [0.15, 0.2) is 66.7 Å². The summed E-state index contributed by atoms with van der Waals surface area (Å²) < 4.78 is 93.7. The van der Waals surface area contributed by atoms with Gasteiger partial charge in [-0.25, -0.2) is 0 Å². The third-order valence-electron chi connectivity index (χ3n) is 8.01. The number of halogens is 6. The van der Waals surface area contributed by atoms with Crippen molar-refractivity contribution in [2.24, 2.45) is 0 Å². The topological polar surface area (TPSA) is 105 Å². The van der Waals surface area contributed by atoms with Crippen LogP contribution in [0, 0.1) is 41.0 Å². The van der Waals surface area contributed by atoms with E-state index in [1.165, 1.54) is 6.07 Å². The molecule has 4 rings (SSSR count). The van der Waals surface area contributed by atoms with Gasteiger partial charge >= 0.3 is 12.4 Å². The maximum absolute atomic E-state index is 13.8. The van der Waals surface area contributed by atoms with Gasteiger partial charge in [0.1, 0.15) is 34.1 Å². The van der Waals surface area contributed by atoms with Gasteiger partial charge < -0.3 is 9.47 Å². The summed E-state index contributed by atoms with van der Waals surface area (Å²) in [6, 6.07) is 13.0. The van der Waals surface area contributed by atoms with Crippen LogP contribution in [0.25, 0.3) is 0 Å². The molecule has 4 aromatic carbocycles. The summed E-state index contributed by atoms with van der Waals surface area (Å²) in [6.45, 7) is 8.82. The Morgan fingerprint density at radius 1 is 0.617 bits per heavy atom. The Bertz CT molecular complexity index is 1850. The first-order valence-corrected chi connectivity index (χ1v) is 14.1. The molecule has 0 spiro atoms. The molecule has 0 heterocycles. The maximum Gasteiger partial charge on any atom is 0.420 e. The van der Waals surface area contributed by atoms with Crippen molar-refractivity contribution in [3.05, 3.63) is 126 Å². The largest absolute Gasteiger partial charge is 0.456 e. The number of ether oxygens (including phenoxy) is 2. The molecule has 0 saturated heterocycles. The van der Waals surface area contributed by atoms with Gasteiger partial charge in [0.05, 0.1) is 9.85 Å². The minimum Gasteiger partial charge on any atom is -0.456 e. The molecule has 1 unspecified atom stereocenters. The van der Waals surface area contributed by atoms with Crippen molar-refractivity contribution < 1.29 is 45.7 Å². The zero-order valence-corrected chi connectivity index (χ0v) is 25.7. The fraction of sp³-hybridized carbons (Fsp3) is 0.273. The van der Waals surface area contributed by atoms with Crippen molar-refractivity contribution in [2.45, 2.75) is 58.8 Å². The van der Waals surface area contributed by atoms with Gasteiger partial charge in [0.15, 0.2) is 0 Å². The number of nitro groups is 2. The van der Waals surface area contributed by atoms with Crippen molar-refractivity contribution in [1.82, 2.24) is 0 Å². The summed E-state index contributed by atoms with van der Waals surface area (Å²) >= 11 is 0. The molecule has 0 aliphatic heterocycles. The van der Waals surface area contributed by atoms with Gasteiger partial charge in [0.25, 0.3) is 11.4 Å². The highest BCUT2D eigenvalue weighted by atomic mass is 19.4. The highest BCUT2D eigenvalue weighted by Crippen LogP contribution is 2.45. The molecule has 0 aliphatic carbocycles. The Morgan fingerprint density at radius 3 is 1.45 bits per heavy atom. The first kappa shape index (κ1) is 34.7. The number of benzene rings is 4. The van der Waals surface area contributed by atoms with Gasteiger partial charge in [-0.1, -0.05) is 38.1 Å². The Hall–Kier alpha value is -5.14. The van der Waals surface area contributed by atoms with Crippen LogP contribution in [-0.2, 0) is 17.8 Å². The van der Waals surface area contributed by atoms with E-state index in [2.05, 4.69) is 0 Å². The molecule has 47 heavy (non-hydrogen) atoms. The zero-order chi connectivity index (χ0) is 35.1. The molecule has 8 nitrogen and oxygen atoms in total. The van der Waals surface area contributed by atoms with Crippen LogP contribution < -0.4 is 9.47 Å². The first-order chi connectivity index (χ1) is 21.8. The smallest absolute Gasteiger partial charge is 0.420 e. The van der Waals surface area contributed by atoms with Gasteiger partial charge in [0.2, 0.25) is 0 Å². The second kappa shape index (κ2) is 12.6. The molecule has 0 aliphatic rings. The highest BCUT2D eigenvalue weighted by molar-refractivity contribution is 5.54. The number of nitrogens with zero attached hydrogens (tertiary/aromatic N) is 2.